The Morgan fingerprint density at radius 3 is 2.54 bits per heavy atom. The molecule has 0 atom stereocenters. The lowest BCUT2D eigenvalue weighted by Gasteiger charge is -2.05. The standard InChI is InChI=1S/C20H16N4O4/c25-19(17-11-10-14(28-17)12-27-13-6-2-1-3-7-13)23-24-20(26)18-15-8-4-5-9-16(15)21-22-18/h1-11H,12H2,(H,21,22)(H,23,25)(H,24,26). The number of para-hydroxylation sites is 2. The summed E-state index contributed by atoms with van der Waals surface area (Å²) in [6.07, 6.45) is 0. The molecule has 0 spiro atoms. The van der Waals surface area contributed by atoms with Gasteiger partial charge in [-0.2, -0.15) is 5.10 Å². The second-order valence-corrected chi connectivity index (χ2v) is 5.89. The predicted molar refractivity (Wildman–Crippen MR) is 101 cm³/mol. The lowest BCUT2D eigenvalue weighted by molar-refractivity contribution is 0.0827. The number of furan rings is 1. The van der Waals surface area contributed by atoms with Crippen LogP contribution >= 0.6 is 0 Å². The number of nitrogens with zero attached hydrogens (tertiary/aromatic N) is 1. The molecule has 2 amide bonds. The third kappa shape index (κ3) is 3.70. The normalized spacial score (nSPS) is 10.6. The van der Waals surface area contributed by atoms with Gasteiger partial charge in [-0.15, -0.1) is 0 Å². The number of hydrogen-bond acceptors (Lipinski definition) is 5. The quantitative estimate of drug-likeness (QED) is 0.464. The molecule has 8 nitrogen and oxygen atoms in total. The van der Waals surface area contributed by atoms with Gasteiger partial charge in [-0.05, 0) is 30.3 Å². The predicted octanol–water partition coefficient (Wildman–Crippen LogP) is 2.81. The summed E-state index contributed by atoms with van der Waals surface area (Å²) in [5, 5.41) is 7.40. The number of fused-ring (bicyclic) bond motifs is 1. The van der Waals surface area contributed by atoms with E-state index in [9.17, 15) is 9.59 Å². The summed E-state index contributed by atoms with van der Waals surface area (Å²) in [7, 11) is 0. The van der Waals surface area contributed by atoms with Crippen molar-refractivity contribution >= 4 is 22.7 Å². The van der Waals surface area contributed by atoms with Gasteiger partial charge in [0.1, 0.15) is 18.1 Å². The van der Waals surface area contributed by atoms with Crippen molar-refractivity contribution in [1.29, 1.82) is 0 Å². The van der Waals surface area contributed by atoms with Crippen LogP contribution in [0.25, 0.3) is 10.9 Å². The zero-order valence-corrected chi connectivity index (χ0v) is 14.6. The summed E-state index contributed by atoms with van der Waals surface area (Å²) < 4.78 is 11.0. The van der Waals surface area contributed by atoms with Crippen molar-refractivity contribution in [3.63, 3.8) is 0 Å². The largest absolute Gasteiger partial charge is 0.486 e. The van der Waals surface area contributed by atoms with Crippen molar-refractivity contribution in [3.05, 3.63) is 83.9 Å². The number of aromatic amines is 1. The molecule has 0 aliphatic heterocycles. The maximum atomic E-state index is 12.3. The summed E-state index contributed by atoms with van der Waals surface area (Å²) in [6.45, 7) is 0.183. The highest BCUT2D eigenvalue weighted by Gasteiger charge is 2.16. The molecule has 8 heteroatoms. The number of carbonyl (C=O) groups excluding carboxylic acids is 2. The number of hydrogen-bond donors (Lipinski definition) is 3. The first-order valence-electron chi connectivity index (χ1n) is 8.51. The SMILES string of the molecule is O=C(NNC(=O)c1n[nH]c2ccccc12)c1ccc(COc2ccccc2)o1. The fraction of sp³-hybridized carbons (Fsp3) is 0.0500. The van der Waals surface area contributed by atoms with E-state index in [1.807, 2.05) is 36.4 Å². The van der Waals surface area contributed by atoms with Crippen LogP contribution < -0.4 is 15.6 Å². The third-order valence-electron chi connectivity index (χ3n) is 3.98. The number of nitrogens with one attached hydrogen (secondary N) is 3. The highest BCUT2D eigenvalue weighted by Crippen LogP contribution is 2.15. The summed E-state index contributed by atoms with van der Waals surface area (Å²) in [5.74, 6) is 0.116. The number of hydrazine groups is 1. The van der Waals surface area contributed by atoms with E-state index in [0.29, 0.717) is 16.9 Å². The minimum Gasteiger partial charge on any atom is -0.486 e. The Balaban J connectivity index is 1.34. The Kier molecular flexibility index (Phi) is 4.75. The molecule has 0 aliphatic rings. The number of carbonyl (C=O) groups is 2. The summed E-state index contributed by atoms with van der Waals surface area (Å²) >= 11 is 0. The second-order valence-electron chi connectivity index (χ2n) is 5.89. The van der Waals surface area contributed by atoms with E-state index in [-0.39, 0.29) is 18.1 Å². The van der Waals surface area contributed by atoms with Gasteiger partial charge >= 0.3 is 5.91 Å². The van der Waals surface area contributed by atoms with E-state index >= 15 is 0 Å². The summed E-state index contributed by atoms with van der Waals surface area (Å²) in [4.78, 5) is 24.4. The Hall–Kier alpha value is -4.07. The molecule has 0 aliphatic carbocycles. The first-order valence-corrected chi connectivity index (χ1v) is 8.51. The molecule has 0 saturated heterocycles. The van der Waals surface area contributed by atoms with Gasteiger partial charge in [-0.1, -0.05) is 36.4 Å². The molecule has 4 aromatic rings. The van der Waals surface area contributed by atoms with Crippen molar-refractivity contribution < 1.29 is 18.7 Å². The van der Waals surface area contributed by atoms with E-state index in [1.54, 1.807) is 24.3 Å². The summed E-state index contributed by atoms with van der Waals surface area (Å²) in [6, 6.07) is 19.6. The number of amides is 2. The highest BCUT2D eigenvalue weighted by atomic mass is 16.5. The van der Waals surface area contributed by atoms with Crippen molar-refractivity contribution in [1.82, 2.24) is 21.0 Å². The van der Waals surface area contributed by atoms with Crippen molar-refractivity contribution in [2.24, 2.45) is 0 Å². The van der Waals surface area contributed by atoms with Crippen LogP contribution in [0, 0.1) is 0 Å². The monoisotopic (exact) mass is 376 g/mol. The van der Waals surface area contributed by atoms with Crippen molar-refractivity contribution in [2.45, 2.75) is 6.61 Å². The minimum absolute atomic E-state index is 0.0545. The van der Waals surface area contributed by atoms with E-state index in [4.69, 9.17) is 9.15 Å². The second kappa shape index (κ2) is 7.67. The van der Waals surface area contributed by atoms with Gasteiger partial charge in [0.05, 0.1) is 5.52 Å². The van der Waals surface area contributed by atoms with Crippen LogP contribution in [0.2, 0.25) is 0 Å². The number of ether oxygens (including phenoxy) is 1. The van der Waals surface area contributed by atoms with Crippen LogP contribution in [0.5, 0.6) is 5.75 Å². The van der Waals surface area contributed by atoms with Crippen molar-refractivity contribution in [3.8, 4) is 5.75 Å². The van der Waals surface area contributed by atoms with Gasteiger partial charge in [0, 0.05) is 5.39 Å². The van der Waals surface area contributed by atoms with Gasteiger partial charge < -0.3 is 9.15 Å². The van der Waals surface area contributed by atoms with Gasteiger partial charge in [0.15, 0.2) is 11.5 Å². The average Bonchev–Trinajstić information content (AvgIpc) is 3.38. The molecule has 0 unspecified atom stereocenters. The van der Waals surface area contributed by atoms with E-state index in [0.717, 1.165) is 5.52 Å². The Labute approximate surface area is 159 Å². The number of H-pyrrole nitrogens is 1. The first-order chi connectivity index (χ1) is 13.7. The van der Waals surface area contributed by atoms with Crippen LogP contribution in [0.3, 0.4) is 0 Å². The molecular weight excluding hydrogens is 360 g/mol. The molecule has 2 aromatic heterocycles. The molecule has 4 rings (SSSR count). The molecular formula is C20H16N4O4. The zero-order valence-electron chi connectivity index (χ0n) is 14.6. The first kappa shape index (κ1) is 17.3. The Bertz CT molecular complexity index is 1120. The third-order valence-corrected chi connectivity index (χ3v) is 3.98. The Morgan fingerprint density at radius 2 is 1.68 bits per heavy atom. The van der Waals surface area contributed by atoms with E-state index in [1.165, 1.54) is 6.07 Å². The van der Waals surface area contributed by atoms with Gasteiger partial charge in [0.25, 0.3) is 5.91 Å². The summed E-state index contributed by atoms with van der Waals surface area (Å²) in [5.41, 5.74) is 5.56. The van der Waals surface area contributed by atoms with Crippen LogP contribution in [-0.4, -0.2) is 22.0 Å². The maximum Gasteiger partial charge on any atom is 0.305 e. The lowest BCUT2D eigenvalue weighted by Crippen LogP contribution is -2.41. The molecule has 0 saturated carbocycles. The topological polar surface area (TPSA) is 109 Å². The number of rotatable bonds is 5. The fourth-order valence-corrected chi connectivity index (χ4v) is 2.62. The van der Waals surface area contributed by atoms with Gasteiger partial charge in [-0.3, -0.25) is 25.5 Å². The van der Waals surface area contributed by atoms with Crippen LogP contribution in [0.15, 0.2) is 71.1 Å². The molecule has 2 aromatic carbocycles. The minimum atomic E-state index is -0.584. The zero-order chi connectivity index (χ0) is 19.3. The average molecular weight is 376 g/mol. The van der Waals surface area contributed by atoms with E-state index in [2.05, 4.69) is 21.0 Å². The van der Waals surface area contributed by atoms with Gasteiger partial charge in [0.2, 0.25) is 0 Å². The van der Waals surface area contributed by atoms with E-state index < -0.39 is 11.8 Å². The van der Waals surface area contributed by atoms with Crippen molar-refractivity contribution in [2.75, 3.05) is 0 Å². The smallest absolute Gasteiger partial charge is 0.305 e. The van der Waals surface area contributed by atoms with Gasteiger partial charge in [-0.25, -0.2) is 0 Å². The van der Waals surface area contributed by atoms with Crippen LogP contribution in [0.1, 0.15) is 26.8 Å². The fourth-order valence-electron chi connectivity index (χ4n) is 2.62. The maximum absolute atomic E-state index is 12.3. The number of benzene rings is 2. The molecule has 3 N–H and O–H groups in total. The Morgan fingerprint density at radius 1 is 0.929 bits per heavy atom. The molecule has 28 heavy (non-hydrogen) atoms. The van der Waals surface area contributed by atoms with Crippen LogP contribution in [0.4, 0.5) is 0 Å². The molecule has 2 heterocycles. The lowest BCUT2D eigenvalue weighted by atomic mass is 10.2. The van der Waals surface area contributed by atoms with Crippen LogP contribution in [-0.2, 0) is 6.61 Å². The number of aromatic nitrogens is 2. The highest BCUT2D eigenvalue weighted by molar-refractivity contribution is 6.05. The molecule has 0 bridgehead atoms. The molecule has 0 fully saturated rings. The molecule has 140 valence electrons. The molecule has 0 radical (unpaired) electrons.